The van der Waals surface area contributed by atoms with Crippen molar-refractivity contribution < 1.29 is 4.42 Å². The average molecular weight is 437 g/mol. The van der Waals surface area contributed by atoms with Gasteiger partial charge in [-0.15, -0.1) is 21.5 Å². The van der Waals surface area contributed by atoms with Gasteiger partial charge in [-0.1, -0.05) is 41.6 Å². The lowest BCUT2D eigenvalue weighted by Crippen LogP contribution is -2.21. The van der Waals surface area contributed by atoms with E-state index >= 15 is 0 Å². The van der Waals surface area contributed by atoms with Gasteiger partial charge in [0, 0.05) is 41.0 Å². The van der Waals surface area contributed by atoms with Crippen LogP contribution < -0.4 is 4.90 Å². The molecule has 2 heterocycles. The fraction of sp³-hybridized carbons (Fsp3) is 0.261. The molecule has 0 saturated carbocycles. The van der Waals surface area contributed by atoms with Crippen LogP contribution in [0.4, 0.5) is 5.69 Å². The number of aryl methyl sites for hydroxylation is 1. The Bertz CT molecular complexity index is 1080. The zero-order valence-electron chi connectivity index (χ0n) is 17.3. The first kappa shape index (κ1) is 20.6. The van der Waals surface area contributed by atoms with Crippen LogP contribution >= 0.6 is 23.1 Å². The molecule has 2 aromatic heterocycles. The molecule has 0 amide bonds. The third kappa shape index (κ3) is 4.74. The molecule has 0 saturated heterocycles. The molecule has 0 aliphatic rings. The molecule has 4 rings (SSSR count). The van der Waals surface area contributed by atoms with Crippen molar-refractivity contribution in [3.05, 3.63) is 65.2 Å². The number of thioether (sulfide) groups is 1. The number of benzene rings is 2. The Hall–Kier alpha value is -2.64. The molecule has 0 aliphatic heterocycles. The Morgan fingerprint density at radius 1 is 0.933 bits per heavy atom. The largest absolute Gasteiger partial charge is 0.411 e. The predicted molar refractivity (Wildman–Crippen MR) is 125 cm³/mol. The van der Waals surface area contributed by atoms with Crippen LogP contribution in [0.5, 0.6) is 0 Å². The number of aromatic nitrogens is 3. The molecule has 30 heavy (non-hydrogen) atoms. The van der Waals surface area contributed by atoms with Gasteiger partial charge in [0.05, 0.1) is 5.69 Å². The van der Waals surface area contributed by atoms with E-state index in [0.717, 1.165) is 34.9 Å². The summed E-state index contributed by atoms with van der Waals surface area (Å²) >= 11 is 3.17. The van der Waals surface area contributed by atoms with Gasteiger partial charge < -0.3 is 9.32 Å². The minimum Gasteiger partial charge on any atom is -0.411 e. The molecule has 0 fully saturated rings. The molecular formula is C23H24N4OS2. The lowest BCUT2D eigenvalue weighted by Gasteiger charge is -2.20. The van der Waals surface area contributed by atoms with Gasteiger partial charge in [0.15, 0.2) is 0 Å². The number of thiazole rings is 1. The van der Waals surface area contributed by atoms with Crippen molar-refractivity contribution in [2.45, 2.75) is 31.7 Å². The van der Waals surface area contributed by atoms with Crippen LogP contribution in [-0.2, 0) is 5.75 Å². The van der Waals surface area contributed by atoms with E-state index in [-0.39, 0.29) is 0 Å². The molecule has 7 heteroatoms. The van der Waals surface area contributed by atoms with Gasteiger partial charge in [0.2, 0.25) is 5.89 Å². The molecule has 4 aromatic rings. The predicted octanol–water partition coefficient (Wildman–Crippen LogP) is 6.31. The van der Waals surface area contributed by atoms with E-state index in [2.05, 4.69) is 77.6 Å². The molecule has 0 bridgehead atoms. The summed E-state index contributed by atoms with van der Waals surface area (Å²) in [6.45, 7) is 8.38. The maximum atomic E-state index is 5.85. The fourth-order valence-corrected chi connectivity index (χ4v) is 4.71. The molecule has 0 N–H and O–H groups in total. The summed E-state index contributed by atoms with van der Waals surface area (Å²) in [4.78, 5) is 7.04. The van der Waals surface area contributed by atoms with Crippen LogP contribution in [0, 0.1) is 6.92 Å². The summed E-state index contributed by atoms with van der Waals surface area (Å²) in [6, 6.07) is 16.7. The number of rotatable bonds is 8. The number of nitrogens with zero attached hydrogens (tertiary/aromatic N) is 4. The van der Waals surface area contributed by atoms with Crippen LogP contribution in [0.3, 0.4) is 0 Å². The van der Waals surface area contributed by atoms with Gasteiger partial charge in [-0.25, -0.2) is 4.98 Å². The van der Waals surface area contributed by atoms with Crippen LogP contribution in [0.2, 0.25) is 0 Å². The summed E-state index contributed by atoms with van der Waals surface area (Å²) in [5, 5.41) is 12.1. The Balaban J connectivity index is 1.39. The molecule has 0 unspecified atom stereocenters. The van der Waals surface area contributed by atoms with Crippen molar-refractivity contribution in [2.24, 2.45) is 0 Å². The smallest absolute Gasteiger partial charge is 0.277 e. The highest BCUT2D eigenvalue weighted by atomic mass is 32.2. The minimum atomic E-state index is 0.544. The Labute approximate surface area is 185 Å². The lowest BCUT2D eigenvalue weighted by atomic mass is 10.2. The van der Waals surface area contributed by atoms with Crippen LogP contribution in [0.25, 0.3) is 22.0 Å². The highest BCUT2D eigenvalue weighted by Gasteiger charge is 2.12. The van der Waals surface area contributed by atoms with E-state index < -0.39 is 0 Å². The molecule has 0 spiro atoms. The summed E-state index contributed by atoms with van der Waals surface area (Å²) in [6.07, 6.45) is 0. The highest BCUT2D eigenvalue weighted by Crippen LogP contribution is 2.29. The zero-order chi connectivity index (χ0) is 20.9. The van der Waals surface area contributed by atoms with E-state index in [1.165, 1.54) is 23.0 Å². The second-order valence-electron chi connectivity index (χ2n) is 6.89. The highest BCUT2D eigenvalue weighted by molar-refractivity contribution is 7.98. The maximum absolute atomic E-state index is 5.85. The van der Waals surface area contributed by atoms with E-state index in [1.807, 2.05) is 12.1 Å². The average Bonchev–Trinajstić information content (AvgIpc) is 3.44. The van der Waals surface area contributed by atoms with Crippen LogP contribution in [0.1, 0.15) is 25.1 Å². The molecular weight excluding hydrogens is 412 g/mol. The van der Waals surface area contributed by atoms with Crippen molar-refractivity contribution >= 4 is 28.8 Å². The number of anilines is 1. The Kier molecular flexibility index (Phi) is 6.50. The summed E-state index contributed by atoms with van der Waals surface area (Å²) in [5.41, 5.74) is 5.55. The minimum absolute atomic E-state index is 0.544. The summed E-state index contributed by atoms with van der Waals surface area (Å²) in [7, 11) is 0. The van der Waals surface area contributed by atoms with Crippen molar-refractivity contribution in [1.82, 2.24) is 15.2 Å². The number of hydrogen-bond donors (Lipinski definition) is 0. The molecule has 0 radical (unpaired) electrons. The Morgan fingerprint density at radius 2 is 1.63 bits per heavy atom. The van der Waals surface area contributed by atoms with Crippen molar-refractivity contribution in [3.8, 4) is 22.0 Å². The van der Waals surface area contributed by atoms with Gasteiger partial charge in [0.25, 0.3) is 5.22 Å². The SMILES string of the molecule is CCN(CC)c1ccc(-c2nnc(SCc3csc(-c4ccc(C)cc4)n3)o2)cc1. The normalized spacial score (nSPS) is 11.0. The van der Waals surface area contributed by atoms with E-state index in [4.69, 9.17) is 9.40 Å². The molecule has 154 valence electrons. The van der Waals surface area contributed by atoms with E-state index in [1.54, 1.807) is 11.3 Å². The first-order valence-corrected chi connectivity index (χ1v) is 11.9. The maximum Gasteiger partial charge on any atom is 0.277 e. The second-order valence-corrected chi connectivity index (χ2v) is 8.68. The monoisotopic (exact) mass is 436 g/mol. The van der Waals surface area contributed by atoms with Gasteiger partial charge in [-0.05, 0) is 45.0 Å². The molecule has 5 nitrogen and oxygen atoms in total. The fourth-order valence-electron chi connectivity index (χ4n) is 3.13. The van der Waals surface area contributed by atoms with Crippen molar-refractivity contribution in [1.29, 1.82) is 0 Å². The van der Waals surface area contributed by atoms with E-state index in [0.29, 0.717) is 16.9 Å². The first-order valence-electron chi connectivity index (χ1n) is 9.99. The van der Waals surface area contributed by atoms with Crippen molar-refractivity contribution in [2.75, 3.05) is 18.0 Å². The Morgan fingerprint density at radius 3 is 2.33 bits per heavy atom. The second kappa shape index (κ2) is 9.45. The topological polar surface area (TPSA) is 55.1 Å². The van der Waals surface area contributed by atoms with E-state index in [9.17, 15) is 0 Å². The third-order valence-corrected chi connectivity index (χ3v) is 6.64. The third-order valence-electron chi connectivity index (χ3n) is 4.84. The van der Waals surface area contributed by atoms with Gasteiger partial charge >= 0.3 is 0 Å². The van der Waals surface area contributed by atoms with Gasteiger partial charge in [-0.2, -0.15) is 0 Å². The molecule has 2 aromatic carbocycles. The summed E-state index contributed by atoms with van der Waals surface area (Å²) in [5.74, 6) is 1.24. The van der Waals surface area contributed by atoms with Crippen molar-refractivity contribution in [3.63, 3.8) is 0 Å². The zero-order valence-corrected chi connectivity index (χ0v) is 19.0. The molecule has 0 atom stereocenters. The van der Waals surface area contributed by atoms with Gasteiger partial charge in [0.1, 0.15) is 5.01 Å². The number of hydrogen-bond acceptors (Lipinski definition) is 7. The van der Waals surface area contributed by atoms with Crippen LogP contribution in [-0.4, -0.2) is 28.3 Å². The molecule has 0 aliphatic carbocycles. The standard InChI is InChI=1S/C23H24N4OS2/c1-4-27(5-2)20-12-10-17(11-13-20)21-25-26-23(28-21)30-15-19-14-29-22(24-19)18-8-6-16(3)7-9-18/h6-14H,4-5,15H2,1-3H3. The van der Waals surface area contributed by atoms with Crippen LogP contribution in [0.15, 0.2) is 63.6 Å². The van der Waals surface area contributed by atoms with Gasteiger partial charge in [-0.3, -0.25) is 0 Å². The first-order chi connectivity index (χ1) is 14.7. The summed E-state index contributed by atoms with van der Waals surface area (Å²) < 4.78 is 5.85. The quantitative estimate of drug-likeness (QED) is 0.302. The lowest BCUT2D eigenvalue weighted by molar-refractivity contribution is 0.466.